The number of aliphatic hydroxyl groups is 1. The molecule has 1 unspecified atom stereocenters. The molecule has 4 heterocycles. The summed E-state index contributed by atoms with van der Waals surface area (Å²) in [5.41, 5.74) is 5.86. The van der Waals surface area contributed by atoms with Crippen LogP contribution in [-0.2, 0) is 9.53 Å². The molecule has 0 radical (unpaired) electrons. The highest BCUT2D eigenvalue weighted by molar-refractivity contribution is 6.33. The second-order valence-corrected chi connectivity index (χ2v) is 10.3. The predicted octanol–water partition coefficient (Wildman–Crippen LogP) is 4.86. The van der Waals surface area contributed by atoms with Gasteiger partial charge < -0.3 is 24.9 Å². The quantitative estimate of drug-likeness (QED) is 0.327. The number of nitrogens with zero attached hydrogens (tertiary/aromatic N) is 2. The third-order valence-corrected chi connectivity index (χ3v) is 7.66. The number of carbonyl (C=O) groups is 1. The van der Waals surface area contributed by atoms with E-state index < -0.39 is 6.10 Å². The molecule has 6 rings (SSSR count). The van der Waals surface area contributed by atoms with E-state index in [-0.39, 0.29) is 24.0 Å². The van der Waals surface area contributed by atoms with Gasteiger partial charge in [0.25, 0.3) is 6.01 Å². The number of aromatic nitrogens is 3. The lowest BCUT2D eigenvalue weighted by molar-refractivity contribution is -0.120. The van der Waals surface area contributed by atoms with Gasteiger partial charge in [-0.3, -0.25) is 4.79 Å². The van der Waals surface area contributed by atoms with Crippen molar-refractivity contribution in [3.8, 4) is 28.4 Å². The smallest absolute Gasteiger partial charge is 0.296 e. The van der Waals surface area contributed by atoms with Gasteiger partial charge in [0.2, 0.25) is 5.91 Å². The maximum atomic E-state index is 12.0. The fourth-order valence-corrected chi connectivity index (χ4v) is 5.52. The topological polar surface area (TPSA) is 109 Å². The number of pyridine rings is 1. The first-order valence-electron chi connectivity index (χ1n) is 13.0. The fraction of sp³-hybridized carbons (Fsp3) is 0.345. The van der Waals surface area contributed by atoms with Gasteiger partial charge in [-0.15, -0.1) is 0 Å². The summed E-state index contributed by atoms with van der Waals surface area (Å²) in [5, 5.41) is 13.6. The third-order valence-electron chi connectivity index (χ3n) is 7.37. The number of benzene rings is 2. The molecule has 0 saturated carbocycles. The van der Waals surface area contributed by atoms with E-state index in [4.69, 9.17) is 26.1 Å². The first-order valence-corrected chi connectivity index (χ1v) is 13.4. The molecule has 0 bridgehead atoms. The van der Waals surface area contributed by atoms with Gasteiger partial charge in [0, 0.05) is 18.5 Å². The Morgan fingerprint density at radius 3 is 2.45 bits per heavy atom. The predicted molar refractivity (Wildman–Crippen MR) is 145 cm³/mol. The van der Waals surface area contributed by atoms with E-state index in [1.807, 2.05) is 43.3 Å². The lowest BCUT2D eigenvalue weighted by Crippen LogP contribution is -2.43. The van der Waals surface area contributed by atoms with Crippen LogP contribution in [0, 0.1) is 0 Å². The first-order chi connectivity index (χ1) is 18.5. The number of halogens is 1. The van der Waals surface area contributed by atoms with Gasteiger partial charge in [0.1, 0.15) is 6.10 Å². The Hall–Kier alpha value is -3.46. The molecule has 8 nitrogen and oxygen atoms in total. The molecule has 0 aliphatic carbocycles. The van der Waals surface area contributed by atoms with Crippen LogP contribution >= 0.6 is 11.6 Å². The molecular formula is C29H29ClN4O4. The molecule has 9 heteroatoms. The van der Waals surface area contributed by atoms with Crippen LogP contribution in [0.3, 0.4) is 0 Å². The van der Waals surface area contributed by atoms with Gasteiger partial charge in [-0.2, -0.15) is 4.98 Å². The van der Waals surface area contributed by atoms with Gasteiger partial charge >= 0.3 is 0 Å². The lowest BCUT2D eigenvalue weighted by Gasteiger charge is -2.32. The highest BCUT2D eigenvalue weighted by atomic mass is 35.5. The number of rotatable bonds is 6. The second kappa shape index (κ2) is 10.4. The molecule has 38 heavy (non-hydrogen) atoms. The molecule has 2 aromatic heterocycles. The van der Waals surface area contributed by atoms with Crippen molar-refractivity contribution in [3.63, 3.8) is 0 Å². The van der Waals surface area contributed by atoms with Crippen molar-refractivity contribution < 1.29 is 19.4 Å². The summed E-state index contributed by atoms with van der Waals surface area (Å²) in [6.07, 6.45) is 1.08. The van der Waals surface area contributed by atoms with Crippen molar-refractivity contribution in [2.24, 2.45) is 0 Å². The van der Waals surface area contributed by atoms with E-state index in [1.165, 1.54) is 0 Å². The highest BCUT2D eigenvalue weighted by Crippen LogP contribution is 2.32. The van der Waals surface area contributed by atoms with E-state index in [2.05, 4.69) is 27.4 Å². The highest BCUT2D eigenvalue weighted by Gasteiger charge is 2.30. The fourth-order valence-electron chi connectivity index (χ4n) is 5.26. The zero-order valence-electron chi connectivity index (χ0n) is 21.0. The third kappa shape index (κ3) is 4.87. The average Bonchev–Trinajstić information content (AvgIpc) is 3.53. The van der Waals surface area contributed by atoms with Gasteiger partial charge in [0.05, 0.1) is 41.0 Å². The normalized spacial score (nSPS) is 23.5. The number of nitrogens with one attached hydrogen (secondary N) is 2. The molecule has 2 aliphatic rings. The SMILES string of the molecule is CC[C@H]1OC[C@H](Oc2nc3nc(-c4ccc(-c5ccc(C6CCNC6=O)cc5)cc4)c(Cl)cc3[nH]2)C[C@@H]1O. The number of fused-ring (bicyclic) bond motifs is 1. The van der Waals surface area contributed by atoms with E-state index in [1.54, 1.807) is 6.07 Å². The number of carbonyl (C=O) groups excluding carboxylic acids is 1. The molecular weight excluding hydrogens is 504 g/mol. The summed E-state index contributed by atoms with van der Waals surface area (Å²) in [4.78, 5) is 24.3. The van der Waals surface area contributed by atoms with Crippen LogP contribution in [0.15, 0.2) is 54.6 Å². The van der Waals surface area contributed by atoms with Gasteiger partial charge in [0.15, 0.2) is 5.65 Å². The monoisotopic (exact) mass is 532 g/mol. The number of aliphatic hydroxyl groups excluding tert-OH is 1. The summed E-state index contributed by atoms with van der Waals surface area (Å²) in [6.45, 7) is 3.13. The standard InChI is InChI=1S/C29H29ClN4O4/c1-2-25-24(35)13-20(15-37-25)38-29-32-23-14-22(30)26(33-27(23)34-29)19-9-5-17(6-10-19)16-3-7-18(8-4-16)21-11-12-31-28(21)36/h3-10,14,20-21,24-25,35H,2,11-13,15H2,1H3,(H,31,36)(H,32,33,34)/t20-,21?,24+,25-/m1/s1. The van der Waals surface area contributed by atoms with Crippen LogP contribution in [-0.4, -0.2) is 57.4 Å². The first kappa shape index (κ1) is 24.9. The van der Waals surface area contributed by atoms with Crippen molar-refractivity contribution in [2.45, 2.75) is 50.4 Å². The van der Waals surface area contributed by atoms with Gasteiger partial charge in [-0.05, 0) is 35.6 Å². The number of imidazole rings is 1. The Morgan fingerprint density at radius 1 is 1.08 bits per heavy atom. The summed E-state index contributed by atoms with van der Waals surface area (Å²) in [6, 6.07) is 18.3. The van der Waals surface area contributed by atoms with Crippen molar-refractivity contribution in [2.75, 3.05) is 13.2 Å². The Labute approximate surface area is 225 Å². The minimum Gasteiger partial charge on any atom is -0.459 e. The minimum absolute atomic E-state index is 0.0569. The Kier molecular flexibility index (Phi) is 6.78. The van der Waals surface area contributed by atoms with E-state index >= 15 is 0 Å². The number of ether oxygens (including phenoxy) is 2. The van der Waals surface area contributed by atoms with Crippen LogP contribution in [0.25, 0.3) is 33.5 Å². The molecule has 2 aliphatic heterocycles. The van der Waals surface area contributed by atoms with Crippen molar-refractivity contribution >= 4 is 28.7 Å². The molecule has 2 saturated heterocycles. The van der Waals surface area contributed by atoms with Crippen LogP contribution in [0.5, 0.6) is 6.01 Å². The molecule has 196 valence electrons. The summed E-state index contributed by atoms with van der Waals surface area (Å²) < 4.78 is 11.6. The minimum atomic E-state index is -0.558. The maximum absolute atomic E-state index is 12.0. The second-order valence-electron chi connectivity index (χ2n) is 9.89. The summed E-state index contributed by atoms with van der Waals surface area (Å²) in [5.74, 6) is 0.0458. The largest absolute Gasteiger partial charge is 0.459 e. The average molecular weight is 533 g/mol. The summed E-state index contributed by atoms with van der Waals surface area (Å²) >= 11 is 6.60. The van der Waals surface area contributed by atoms with Gasteiger partial charge in [-0.25, -0.2) is 4.98 Å². The molecule has 4 aromatic rings. The van der Waals surface area contributed by atoms with E-state index in [0.717, 1.165) is 41.6 Å². The summed E-state index contributed by atoms with van der Waals surface area (Å²) in [7, 11) is 0. The molecule has 0 spiro atoms. The molecule has 3 N–H and O–H groups in total. The van der Waals surface area contributed by atoms with E-state index in [0.29, 0.717) is 40.9 Å². The Morgan fingerprint density at radius 2 is 1.79 bits per heavy atom. The van der Waals surface area contributed by atoms with Crippen molar-refractivity contribution in [1.29, 1.82) is 0 Å². The zero-order chi connectivity index (χ0) is 26.2. The Bertz CT molecular complexity index is 1450. The maximum Gasteiger partial charge on any atom is 0.296 e. The number of amides is 1. The van der Waals surface area contributed by atoms with Gasteiger partial charge in [-0.1, -0.05) is 67.1 Å². The van der Waals surface area contributed by atoms with Crippen LogP contribution in [0.1, 0.15) is 37.7 Å². The van der Waals surface area contributed by atoms with Crippen LogP contribution < -0.4 is 10.1 Å². The number of hydrogen-bond acceptors (Lipinski definition) is 6. The van der Waals surface area contributed by atoms with E-state index in [9.17, 15) is 9.90 Å². The Balaban J connectivity index is 1.18. The van der Waals surface area contributed by atoms with Crippen molar-refractivity contribution in [1.82, 2.24) is 20.3 Å². The zero-order valence-corrected chi connectivity index (χ0v) is 21.7. The number of aromatic amines is 1. The molecule has 2 aromatic carbocycles. The van der Waals surface area contributed by atoms with Crippen LogP contribution in [0.2, 0.25) is 5.02 Å². The molecule has 1 amide bonds. The lowest BCUT2D eigenvalue weighted by atomic mass is 9.95. The van der Waals surface area contributed by atoms with Crippen molar-refractivity contribution in [3.05, 3.63) is 65.2 Å². The van der Waals surface area contributed by atoms with Crippen LogP contribution in [0.4, 0.5) is 0 Å². The molecule has 4 atom stereocenters. The molecule has 2 fully saturated rings. The number of H-pyrrole nitrogens is 1. The number of hydrogen-bond donors (Lipinski definition) is 3.